The van der Waals surface area contributed by atoms with Crippen LogP contribution in [-0.4, -0.2) is 69.5 Å². The maximum atomic E-state index is 14.3. The number of nitrogens with zero attached hydrogens (tertiary/aromatic N) is 1. The fraction of sp³-hybridized carbons (Fsp3) is 0.500. The third-order valence-corrected chi connectivity index (χ3v) is 9.18. The van der Waals surface area contributed by atoms with E-state index in [4.69, 9.17) is 4.74 Å². The lowest BCUT2D eigenvalue weighted by Gasteiger charge is -2.37. The zero-order valence-electron chi connectivity index (χ0n) is 22.1. The predicted molar refractivity (Wildman–Crippen MR) is 150 cm³/mol. The Morgan fingerprint density at radius 2 is 1.74 bits per heavy atom. The van der Waals surface area contributed by atoms with E-state index in [2.05, 4.69) is 26.6 Å². The number of nitrogens with one attached hydrogen (secondary N) is 2. The summed E-state index contributed by atoms with van der Waals surface area (Å²) < 4.78 is 6.55. The van der Waals surface area contributed by atoms with Gasteiger partial charge >= 0.3 is 0 Å². The second-order valence-corrected chi connectivity index (χ2v) is 12.0. The molecule has 3 saturated heterocycles. The van der Waals surface area contributed by atoms with Crippen molar-refractivity contribution in [2.45, 2.75) is 67.8 Å². The van der Waals surface area contributed by atoms with Gasteiger partial charge in [0.25, 0.3) is 0 Å². The quantitative estimate of drug-likeness (QED) is 0.272. The molecule has 1 spiro atoms. The van der Waals surface area contributed by atoms with Crippen LogP contribution in [0.1, 0.15) is 37.3 Å². The Hall–Kier alpha value is -2.75. The number of aliphatic hydroxyl groups excluding tert-OH is 1. The Morgan fingerprint density at radius 3 is 2.38 bits per heavy atom. The highest BCUT2D eigenvalue weighted by atomic mass is 79.9. The van der Waals surface area contributed by atoms with Gasteiger partial charge in [0.2, 0.25) is 17.7 Å². The number of hydrogen-bond donors (Lipinski definition) is 3. The molecule has 3 aliphatic heterocycles. The lowest BCUT2D eigenvalue weighted by Crippen LogP contribution is -2.58. The molecule has 3 aliphatic rings. The van der Waals surface area contributed by atoms with E-state index in [1.165, 1.54) is 4.90 Å². The Labute approximate surface area is 237 Å². The molecule has 39 heavy (non-hydrogen) atoms. The molecule has 0 radical (unpaired) electrons. The highest BCUT2D eigenvalue weighted by Crippen LogP contribution is 2.60. The van der Waals surface area contributed by atoms with Crippen molar-refractivity contribution in [3.8, 4) is 0 Å². The molecule has 5 rings (SSSR count). The summed E-state index contributed by atoms with van der Waals surface area (Å²) in [5.74, 6) is -2.41. The number of alkyl halides is 1. The Balaban J connectivity index is 1.47. The van der Waals surface area contributed by atoms with Crippen LogP contribution in [0.2, 0.25) is 0 Å². The first-order valence-electron chi connectivity index (χ1n) is 13.8. The molecule has 3 N–H and O–H groups in total. The Kier molecular flexibility index (Phi) is 8.40. The number of carbonyl (C=O) groups is 3. The van der Waals surface area contributed by atoms with Gasteiger partial charge in [-0.3, -0.25) is 14.4 Å². The molecular formula is C30H36BrN3O5. The monoisotopic (exact) mass is 597 g/mol. The molecule has 3 heterocycles. The number of ether oxygens (including phenoxy) is 1. The van der Waals surface area contributed by atoms with Crippen molar-refractivity contribution >= 4 is 33.7 Å². The first-order chi connectivity index (χ1) is 18.9. The van der Waals surface area contributed by atoms with Crippen molar-refractivity contribution in [1.82, 2.24) is 15.5 Å². The molecule has 208 valence electrons. The van der Waals surface area contributed by atoms with Gasteiger partial charge in [-0.05, 0) is 30.4 Å². The summed E-state index contributed by atoms with van der Waals surface area (Å²) in [6, 6.07) is 17.6. The summed E-state index contributed by atoms with van der Waals surface area (Å²) in [5.41, 5.74) is 0.756. The van der Waals surface area contributed by atoms with Crippen molar-refractivity contribution in [1.29, 1.82) is 0 Å². The average Bonchev–Trinajstić information content (AvgIpc) is 3.55. The number of hydrogen-bond acceptors (Lipinski definition) is 5. The van der Waals surface area contributed by atoms with Crippen molar-refractivity contribution in [2.75, 3.05) is 13.2 Å². The fourth-order valence-corrected chi connectivity index (χ4v) is 7.53. The summed E-state index contributed by atoms with van der Waals surface area (Å²) in [6.07, 6.45) is 2.02. The molecular weight excluding hydrogens is 562 g/mol. The Bertz CT molecular complexity index is 1180. The molecule has 9 heteroatoms. The number of aliphatic hydroxyl groups is 1. The third-order valence-electron chi connectivity index (χ3n) is 8.34. The van der Waals surface area contributed by atoms with Crippen LogP contribution in [0.25, 0.3) is 0 Å². The molecule has 0 aliphatic carbocycles. The van der Waals surface area contributed by atoms with Crippen molar-refractivity contribution in [2.24, 2.45) is 11.8 Å². The van der Waals surface area contributed by atoms with Gasteiger partial charge in [-0.2, -0.15) is 0 Å². The topological polar surface area (TPSA) is 108 Å². The second kappa shape index (κ2) is 11.8. The molecule has 2 aromatic rings. The van der Waals surface area contributed by atoms with Crippen molar-refractivity contribution in [3.05, 3.63) is 71.8 Å². The van der Waals surface area contributed by atoms with E-state index in [1.54, 1.807) is 0 Å². The number of carbonyl (C=O) groups excluding carboxylic acids is 3. The van der Waals surface area contributed by atoms with Gasteiger partial charge in [-0.25, -0.2) is 0 Å². The van der Waals surface area contributed by atoms with Crippen LogP contribution in [0, 0.1) is 11.8 Å². The van der Waals surface area contributed by atoms with E-state index < -0.39 is 35.6 Å². The molecule has 8 nitrogen and oxygen atoms in total. The van der Waals surface area contributed by atoms with Crippen molar-refractivity contribution < 1.29 is 24.2 Å². The van der Waals surface area contributed by atoms with Gasteiger partial charge in [0, 0.05) is 17.9 Å². The lowest BCUT2D eigenvalue weighted by molar-refractivity contribution is -0.145. The summed E-state index contributed by atoms with van der Waals surface area (Å²) in [6.45, 7) is 2.55. The highest BCUT2D eigenvalue weighted by molar-refractivity contribution is 9.09. The van der Waals surface area contributed by atoms with Gasteiger partial charge in [-0.15, -0.1) is 0 Å². The van der Waals surface area contributed by atoms with Crippen molar-refractivity contribution in [3.63, 3.8) is 0 Å². The average molecular weight is 599 g/mol. The molecule has 2 bridgehead atoms. The number of benzene rings is 2. The zero-order valence-corrected chi connectivity index (χ0v) is 23.7. The number of amides is 3. The fourth-order valence-electron chi connectivity index (χ4n) is 6.58. The van der Waals surface area contributed by atoms with E-state index in [-0.39, 0.29) is 29.2 Å². The second-order valence-electron chi connectivity index (χ2n) is 10.8. The summed E-state index contributed by atoms with van der Waals surface area (Å²) in [7, 11) is 0. The standard InChI is InChI=1S/C30H36BrN3O5/c1-2-3-14-32-28(37)26-30-16-22(31)25(39-30)23(27(36)33-17-20-12-8-5-9-13-20)24(30)29(38)34(26)21(18-35)15-19-10-6-4-7-11-19/h4-13,21-26,35H,2-3,14-18H2,1H3,(H,32,37)(H,33,36)/t21-,22?,23-,24+,25-,26?,30?/m1/s1. The predicted octanol–water partition coefficient (Wildman–Crippen LogP) is 2.57. The van der Waals surface area contributed by atoms with Gasteiger partial charge in [0.05, 0.1) is 30.6 Å². The highest BCUT2D eigenvalue weighted by Gasteiger charge is 2.77. The van der Waals surface area contributed by atoms with Gasteiger partial charge in [0.1, 0.15) is 11.6 Å². The minimum Gasteiger partial charge on any atom is -0.394 e. The first kappa shape index (κ1) is 27.8. The van der Waals surface area contributed by atoms with Gasteiger partial charge in [-0.1, -0.05) is 89.9 Å². The maximum Gasteiger partial charge on any atom is 0.245 e. The lowest BCUT2D eigenvalue weighted by atomic mass is 9.70. The van der Waals surface area contributed by atoms with E-state index in [0.717, 1.165) is 24.0 Å². The molecule has 3 amide bonds. The first-order valence-corrected chi connectivity index (χ1v) is 14.7. The molecule has 3 unspecified atom stereocenters. The number of fused-ring (bicyclic) bond motifs is 1. The number of rotatable bonds is 11. The molecule has 0 aromatic heterocycles. The molecule has 7 atom stereocenters. The van der Waals surface area contributed by atoms with Crippen LogP contribution in [0.3, 0.4) is 0 Å². The van der Waals surface area contributed by atoms with Gasteiger partial charge in [0.15, 0.2) is 0 Å². The van der Waals surface area contributed by atoms with Crippen LogP contribution < -0.4 is 10.6 Å². The molecule has 2 aromatic carbocycles. The molecule has 3 fully saturated rings. The minimum absolute atomic E-state index is 0.179. The SMILES string of the molecule is CCCCNC(=O)C1N([C@@H](CO)Cc2ccccc2)C(=O)[C@@H]2[C@@H](C(=O)NCc3ccccc3)[C@@H]3OC12CC3Br. The normalized spacial score (nSPS) is 29.8. The van der Waals surface area contributed by atoms with E-state index in [1.807, 2.05) is 67.6 Å². The smallest absolute Gasteiger partial charge is 0.245 e. The zero-order chi connectivity index (χ0) is 27.6. The van der Waals surface area contributed by atoms with Crippen LogP contribution in [0.5, 0.6) is 0 Å². The van der Waals surface area contributed by atoms with E-state index in [9.17, 15) is 19.5 Å². The van der Waals surface area contributed by atoms with Crippen LogP contribution >= 0.6 is 15.9 Å². The van der Waals surface area contributed by atoms with E-state index >= 15 is 0 Å². The largest absolute Gasteiger partial charge is 0.394 e. The number of unbranched alkanes of at least 4 members (excludes halogenated alkanes) is 1. The summed E-state index contributed by atoms with van der Waals surface area (Å²) in [4.78, 5) is 43.0. The maximum absolute atomic E-state index is 14.3. The number of likely N-dealkylation sites (tertiary alicyclic amines) is 1. The Morgan fingerprint density at radius 1 is 1.08 bits per heavy atom. The third kappa shape index (κ3) is 5.12. The minimum atomic E-state index is -1.15. The van der Waals surface area contributed by atoms with E-state index in [0.29, 0.717) is 25.9 Å². The van der Waals surface area contributed by atoms with Crippen LogP contribution in [-0.2, 0) is 32.1 Å². The van der Waals surface area contributed by atoms with Gasteiger partial charge < -0.3 is 25.4 Å². The number of halogens is 1. The summed E-state index contributed by atoms with van der Waals surface area (Å²) in [5, 5.41) is 16.5. The van der Waals surface area contributed by atoms with Crippen LogP contribution in [0.4, 0.5) is 0 Å². The molecule has 0 saturated carbocycles. The summed E-state index contributed by atoms with van der Waals surface area (Å²) >= 11 is 3.70. The van der Waals surface area contributed by atoms with Crippen LogP contribution in [0.15, 0.2) is 60.7 Å².